The monoisotopic (exact) mass is 447 g/mol. The van der Waals surface area contributed by atoms with Gasteiger partial charge in [0.25, 0.3) is 15.9 Å². The molecule has 164 valence electrons. The average Bonchev–Trinajstić information content (AvgIpc) is 2.76. The Balaban J connectivity index is 1.27. The van der Waals surface area contributed by atoms with Crippen molar-refractivity contribution < 1.29 is 32.2 Å². The third kappa shape index (κ3) is 4.88. The van der Waals surface area contributed by atoms with E-state index in [1.807, 2.05) is 18.2 Å². The quantitative estimate of drug-likeness (QED) is 0.593. The van der Waals surface area contributed by atoms with Gasteiger partial charge in [-0.05, 0) is 24.3 Å². The van der Waals surface area contributed by atoms with Crippen molar-refractivity contribution in [1.82, 2.24) is 9.80 Å². The predicted octanol–water partition coefficient (Wildman–Crippen LogP) is 0.326. The second-order valence-corrected chi connectivity index (χ2v) is 8.95. The van der Waals surface area contributed by atoms with Crippen molar-refractivity contribution in [2.75, 3.05) is 39.1 Å². The van der Waals surface area contributed by atoms with Gasteiger partial charge in [0, 0.05) is 19.8 Å². The van der Waals surface area contributed by atoms with Crippen molar-refractivity contribution in [3.8, 4) is 11.5 Å². The predicted molar refractivity (Wildman–Crippen MR) is 110 cm³/mol. The molecule has 31 heavy (non-hydrogen) atoms. The Bertz CT molecular complexity index is 1090. The van der Waals surface area contributed by atoms with E-state index in [0.717, 1.165) is 0 Å². The molecule has 0 saturated heterocycles. The van der Waals surface area contributed by atoms with Gasteiger partial charge in [-0.3, -0.25) is 4.79 Å². The number of hydrogen-bond acceptors (Lipinski definition) is 8. The van der Waals surface area contributed by atoms with Gasteiger partial charge in [0.15, 0.2) is 24.2 Å². The highest BCUT2D eigenvalue weighted by Crippen LogP contribution is 2.30. The zero-order valence-corrected chi connectivity index (χ0v) is 17.6. The minimum Gasteiger partial charge on any atom is -0.486 e. The molecule has 1 atom stereocenters. The minimum absolute atomic E-state index is 0.135. The summed E-state index contributed by atoms with van der Waals surface area (Å²) in [5, 5.41) is 0. The average molecular weight is 447 g/mol. The van der Waals surface area contributed by atoms with E-state index < -0.39 is 22.6 Å². The van der Waals surface area contributed by atoms with Gasteiger partial charge in [0.05, 0.1) is 17.9 Å². The highest BCUT2D eigenvalue weighted by atomic mass is 32.2. The summed E-state index contributed by atoms with van der Waals surface area (Å²) < 4.78 is 43.3. The summed E-state index contributed by atoms with van der Waals surface area (Å²) in [6.07, 6.45) is 3.97. The van der Waals surface area contributed by atoms with E-state index >= 15 is 0 Å². The fourth-order valence-corrected chi connectivity index (χ4v) is 4.17. The lowest BCUT2D eigenvalue weighted by Crippen LogP contribution is -2.43. The van der Waals surface area contributed by atoms with Gasteiger partial charge in [-0.2, -0.15) is 0 Å². The molecule has 0 bridgehead atoms. The first-order chi connectivity index (χ1) is 14.8. The van der Waals surface area contributed by atoms with Crippen molar-refractivity contribution >= 4 is 27.7 Å². The minimum atomic E-state index is -3.47. The van der Waals surface area contributed by atoms with E-state index in [-0.39, 0.29) is 42.3 Å². The van der Waals surface area contributed by atoms with Gasteiger partial charge < -0.3 is 24.0 Å². The summed E-state index contributed by atoms with van der Waals surface area (Å²) in [4.78, 5) is 27.7. The van der Waals surface area contributed by atoms with Crippen LogP contribution in [0.3, 0.4) is 0 Å². The fourth-order valence-electron chi connectivity index (χ4n) is 3.20. The molecule has 1 amide bonds. The first kappa shape index (κ1) is 20.9. The van der Waals surface area contributed by atoms with Crippen LogP contribution in [0.1, 0.15) is 0 Å². The summed E-state index contributed by atoms with van der Waals surface area (Å²) in [6, 6.07) is 7.30. The van der Waals surface area contributed by atoms with Crippen molar-refractivity contribution in [3.05, 3.63) is 48.2 Å². The van der Waals surface area contributed by atoms with Crippen molar-refractivity contribution in [2.45, 2.75) is 6.10 Å². The van der Waals surface area contributed by atoms with Gasteiger partial charge in [-0.1, -0.05) is 12.1 Å². The van der Waals surface area contributed by atoms with Gasteiger partial charge in [-0.15, -0.1) is 4.40 Å². The number of hydrogen-bond donors (Lipinski definition) is 0. The molecule has 11 heteroatoms. The van der Waals surface area contributed by atoms with Crippen molar-refractivity contribution in [1.29, 1.82) is 0 Å². The van der Waals surface area contributed by atoms with Crippen LogP contribution in [0.15, 0.2) is 52.6 Å². The summed E-state index contributed by atoms with van der Waals surface area (Å²) in [6.45, 7) is 0.341. The lowest BCUT2D eigenvalue weighted by atomic mass is 10.2. The highest BCUT2D eigenvalue weighted by molar-refractivity contribution is 7.90. The number of likely N-dealkylation sites (N-methyl/N-ethyl adjacent to an activating group) is 1. The number of carbonyl (C=O) groups excluding carboxylic acids is 2. The Labute approximate surface area is 179 Å². The van der Waals surface area contributed by atoms with Crippen LogP contribution in [0.5, 0.6) is 11.5 Å². The van der Waals surface area contributed by atoms with Crippen LogP contribution >= 0.6 is 0 Å². The standard InChI is InChI=1S/C20H21N3O7S/c1-22(11-15-12-28-16-4-2-3-5-17(16)30-15)19(24)13-29-20(25)14-6-7-18-21-31(26,27)9-8-23(18)10-14/h2-7,10,15H,8-9,11-13H2,1H3/t15-/m0/s1. The van der Waals surface area contributed by atoms with Crippen LogP contribution in [0, 0.1) is 0 Å². The molecule has 0 saturated carbocycles. The molecule has 0 unspecified atom stereocenters. The number of rotatable bonds is 5. The van der Waals surface area contributed by atoms with E-state index in [1.165, 1.54) is 23.3 Å². The SMILES string of the molecule is CN(C[C@H]1COc2ccccc2O1)C(=O)COC(=O)C1=CN2CCS(=O)(=O)N=C2C=C1. The molecule has 1 aromatic carbocycles. The number of fused-ring (bicyclic) bond motifs is 2. The zero-order valence-electron chi connectivity index (χ0n) is 16.8. The molecule has 3 aliphatic rings. The first-order valence-electron chi connectivity index (χ1n) is 9.59. The van der Waals surface area contributed by atoms with Gasteiger partial charge >= 0.3 is 5.97 Å². The number of carbonyl (C=O) groups is 2. The Morgan fingerprint density at radius 2 is 2.03 bits per heavy atom. The molecule has 3 heterocycles. The molecule has 0 N–H and O–H groups in total. The Morgan fingerprint density at radius 3 is 2.84 bits per heavy atom. The number of amidine groups is 1. The molecule has 0 radical (unpaired) electrons. The van der Waals surface area contributed by atoms with Crippen LogP contribution in [0.2, 0.25) is 0 Å². The Kier molecular flexibility index (Phi) is 5.68. The smallest absolute Gasteiger partial charge is 0.340 e. The van der Waals surface area contributed by atoms with Crippen molar-refractivity contribution in [3.63, 3.8) is 0 Å². The third-order valence-electron chi connectivity index (χ3n) is 4.86. The largest absolute Gasteiger partial charge is 0.486 e. The molecule has 4 rings (SSSR count). The van der Waals surface area contributed by atoms with E-state index in [1.54, 1.807) is 18.0 Å². The van der Waals surface area contributed by atoms with Crippen LogP contribution in [-0.4, -0.2) is 81.1 Å². The lowest BCUT2D eigenvalue weighted by Gasteiger charge is -2.29. The molecule has 0 fully saturated rings. The number of amides is 1. The van der Waals surface area contributed by atoms with E-state index in [2.05, 4.69) is 4.40 Å². The normalized spacial score (nSPS) is 20.8. The summed E-state index contributed by atoms with van der Waals surface area (Å²) >= 11 is 0. The van der Waals surface area contributed by atoms with Crippen LogP contribution in [0.25, 0.3) is 0 Å². The zero-order chi connectivity index (χ0) is 22.0. The van der Waals surface area contributed by atoms with E-state index in [0.29, 0.717) is 18.1 Å². The molecule has 3 aliphatic heterocycles. The van der Waals surface area contributed by atoms with Gasteiger partial charge in [0.2, 0.25) is 0 Å². The van der Waals surface area contributed by atoms with Gasteiger partial charge in [0.1, 0.15) is 12.4 Å². The maximum Gasteiger partial charge on any atom is 0.340 e. The number of para-hydroxylation sites is 2. The lowest BCUT2D eigenvalue weighted by molar-refractivity contribution is -0.148. The maximum absolute atomic E-state index is 12.4. The second-order valence-electron chi connectivity index (χ2n) is 7.19. The summed E-state index contributed by atoms with van der Waals surface area (Å²) in [5.74, 6) is 0.323. The Morgan fingerprint density at radius 1 is 1.26 bits per heavy atom. The van der Waals surface area contributed by atoms with Crippen LogP contribution < -0.4 is 9.47 Å². The van der Waals surface area contributed by atoms with Crippen LogP contribution in [0.4, 0.5) is 0 Å². The molecule has 10 nitrogen and oxygen atoms in total. The summed E-state index contributed by atoms with van der Waals surface area (Å²) in [7, 11) is -1.88. The fraction of sp³-hybridized carbons (Fsp3) is 0.350. The van der Waals surface area contributed by atoms with Crippen molar-refractivity contribution in [2.24, 2.45) is 4.40 Å². The molecular weight excluding hydrogens is 426 g/mol. The maximum atomic E-state index is 12.4. The first-order valence-corrected chi connectivity index (χ1v) is 11.2. The summed E-state index contributed by atoms with van der Waals surface area (Å²) in [5.41, 5.74) is 0.203. The molecule has 0 spiro atoms. The number of nitrogens with zero attached hydrogens (tertiary/aromatic N) is 3. The molecular formula is C20H21N3O7S. The second kappa shape index (κ2) is 8.42. The number of ether oxygens (including phenoxy) is 3. The number of esters is 1. The number of sulfonamides is 1. The molecule has 1 aromatic rings. The highest BCUT2D eigenvalue weighted by Gasteiger charge is 2.27. The van der Waals surface area contributed by atoms with Crippen LogP contribution in [-0.2, 0) is 24.3 Å². The topological polar surface area (TPSA) is 115 Å². The Hall–Kier alpha value is -3.34. The molecule has 0 aliphatic carbocycles. The third-order valence-corrected chi connectivity index (χ3v) is 6.02. The van der Waals surface area contributed by atoms with E-state index in [9.17, 15) is 18.0 Å². The van der Waals surface area contributed by atoms with Gasteiger partial charge in [-0.25, -0.2) is 13.2 Å². The van der Waals surface area contributed by atoms with E-state index in [4.69, 9.17) is 14.2 Å². The molecule has 0 aromatic heterocycles. The number of benzene rings is 1.